The molecule has 0 aromatic heterocycles. The van der Waals surface area contributed by atoms with E-state index in [2.05, 4.69) is 5.32 Å². The number of carbonyl (C=O) groups excluding carboxylic acids is 1. The van der Waals surface area contributed by atoms with Gasteiger partial charge in [-0.3, -0.25) is 4.79 Å². The van der Waals surface area contributed by atoms with Crippen molar-refractivity contribution in [1.29, 1.82) is 0 Å². The van der Waals surface area contributed by atoms with Gasteiger partial charge in [-0.1, -0.05) is 18.2 Å². The Morgan fingerprint density at radius 2 is 2.10 bits per heavy atom. The molecule has 0 bridgehead atoms. The second kappa shape index (κ2) is 6.15. The summed E-state index contributed by atoms with van der Waals surface area (Å²) in [6.45, 7) is 0.807. The van der Waals surface area contributed by atoms with Gasteiger partial charge in [-0.05, 0) is 18.1 Å². The lowest BCUT2D eigenvalue weighted by atomic mass is 9.97. The molecule has 1 unspecified atom stereocenters. The van der Waals surface area contributed by atoms with Crippen LogP contribution in [-0.2, 0) is 11.2 Å². The molecule has 0 fully saturated rings. The van der Waals surface area contributed by atoms with Gasteiger partial charge in [-0.25, -0.2) is 0 Å². The van der Waals surface area contributed by atoms with Crippen LogP contribution in [0.3, 0.4) is 0 Å². The highest BCUT2D eigenvalue weighted by Gasteiger charge is 2.28. The van der Waals surface area contributed by atoms with Crippen molar-refractivity contribution in [1.82, 2.24) is 5.32 Å². The number of benzene rings is 1. The van der Waals surface area contributed by atoms with Gasteiger partial charge in [0.15, 0.2) is 0 Å². The number of carbonyl (C=O) groups is 1. The molecule has 1 amide bonds. The number of ether oxygens (including phenoxy) is 1. The number of alkyl halides is 3. The van der Waals surface area contributed by atoms with Crippen molar-refractivity contribution in [3.05, 3.63) is 29.8 Å². The fourth-order valence-electron chi connectivity index (χ4n) is 2.12. The lowest BCUT2D eigenvalue weighted by Gasteiger charge is -2.25. The number of hydrogen-bond donors (Lipinski definition) is 1. The number of nitrogens with one attached hydrogen (secondary N) is 1. The SMILES string of the molecule is O=C(CCC(F)(F)F)NCC1COc2ccccc2C1. The first kappa shape index (κ1) is 14.7. The molecule has 0 radical (unpaired) electrons. The molecule has 110 valence electrons. The third-order valence-electron chi connectivity index (χ3n) is 3.18. The molecule has 2 rings (SSSR count). The molecule has 20 heavy (non-hydrogen) atoms. The summed E-state index contributed by atoms with van der Waals surface area (Å²) in [5.41, 5.74) is 1.06. The summed E-state index contributed by atoms with van der Waals surface area (Å²) in [7, 11) is 0. The van der Waals surface area contributed by atoms with Crippen LogP contribution in [0, 0.1) is 5.92 Å². The lowest BCUT2D eigenvalue weighted by molar-refractivity contribution is -0.144. The van der Waals surface area contributed by atoms with E-state index in [4.69, 9.17) is 4.74 Å². The van der Waals surface area contributed by atoms with Crippen molar-refractivity contribution < 1.29 is 22.7 Å². The zero-order valence-electron chi connectivity index (χ0n) is 10.9. The van der Waals surface area contributed by atoms with E-state index in [9.17, 15) is 18.0 Å². The van der Waals surface area contributed by atoms with Crippen molar-refractivity contribution in [3.8, 4) is 5.75 Å². The largest absolute Gasteiger partial charge is 0.493 e. The zero-order valence-corrected chi connectivity index (χ0v) is 10.9. The smallest absolute Gasteiger partial charge is 0.389 e. The van der Waals surface area contributed by atoms with E-state index in [1.165, 1.54) is 0 Å². The summed E-state index contributed by atoms with van der Waals surface area (Å²) in [5.74, 6) is 0.369. The second-order valence-corrected chi connectivity index (χ2v) is 4.91. The van der Waals surface area contributed by atoms with Gasteiger partial charge in [0.05, 0.1) is 13.0 Å². The van der Waals surface area contributed by atoms with Crippen molar-refractivity contribution in [2.45, 2.75) is 25.4 Å². The highest BCUT2D eigenvalue weighted by molar-refractivity contribution is 5.75. The second-order valence-electron chi connectivity index (χ2n) is 4.91. The van der Waals surface area contributed by atoms with Gasteiger partial charge < -0.3 is 10.1 Å². The Morgan fingerprint density at radius 1 is 1.35 bits per heavy atom. The van der Waals surface area contributed by atoms with E-state index in [-0.39, 0.29) is 5.92 Å². The molecule has 1 heterocycles. The van der Waals surface area contributed by atoms with Gasteiger partial charge in [0.25, 0.3) is 0 Å². The van der Waals surface area contributed by atoms with Crippen molar-refractivity contribution >= 4 is 5.91 Å². The minimum Gasteiger partial charge on any atom is -0.493 e. The van der Waals surface area contributed by atoms with E-state index in [0.717, 1.165) is 17.7 Å². The Balaban J connectivity index is 1.75. The molecule has 1 aliphatic rings. The third-order valence-corrected chi connectivity index (χ3v) is 3.18. The Hall–Kier alpha value is -1.72. The van der Waals surface area contributed by atoms with Crippen LogP contribution in [0.5, 0.6) is 5.75 Å². The Kier molecular flexibility index (Phi) is 4.52. The molecule has 6 heteroatoms. The Bertz CT molecular complexity index is 474. The van der Waals surface area contributed by atoms with Crippen molar-refractivity contribution in [2.75, 3.05) is 13.2 Å². The molecular weight excluding hydrogens is 271 g/mol. The molecule has 0 spiro atoms. The number of fused-ring (bicyclic) bond motifs is 1. The Morgan fingerprint density at radius 3 is 2.85 bits per heavy atom. The molecule has 1 N–H and O–H groups in total. The number of halogens is 3. The first-order valence-electron chi connectivity index (χ1n) is 6.48. The van der Waals surface area contributed by atoms with Gasteiger partial charge in [-0.15, -0.1) is 0 Å². The average molecular weight is 287 g/mol. The molecule has 1 atom stereocenters. The van der Waals surface area contributed by atoms with Crippen LogP contribution in [0.2, 0.25) is 0 Å². The van der Waals surface area contributed by atoms with E-state index >= 15 is 0 Å². The van der Waals surface area contributed by atoms with Crippen LogP contribution >= 0.6 is 0 Å². The molecular formula is C14H16F3NO2. The number of para-hydroxylation sites is 1. The van der Waals surface area contributed by atoms with E-state index < -0.39 is 24.9 Å². The fourth-order valence-corrected chi connectivity index (χ4v) is 2.12. The third kappa shape index (κ3) is 4.43. The highest BCUT2D eigenvalue weighted by Crippen LogP contribution is 2.26. The van der Waals surface area contributed by atoms with Crippen LogP contribution in [0.1, 0.15) is 18.4 Å². The van der Waals surface area contributed by atoms with E-state index in [1.54, 1.807) is 0 Å². The van der Waals surface area contributed by atoms with E-state index in [0.29, 0.717) is 13.2 Å². The maximum Gasteiger partial charge on any atom is 0.389 e. The summed E-state index contributed by atoms with van der Waals surface area (Å²) < 4.78 is 41.5. The van der Waals surface area contributed by atoms with Crippen LogP contribution in [0.4, 0.5) is 13.2 Å². The molecule has 1 aromatic carbocycles. The molecule has 0 aliphatic carbocycles. The van der Waals surface area contributed by atoms with Gasteiger partial charge in [0.2, 0.25) is 5.91 Å². The van der Waals surface area contributed by atoms with Gasteiger partial charge in [-0.2, -0.15) is 13.2 Å². The summed E-state index contributed by atoms with van der Waals surface area (Å²) in [6.07, 6.45) is -5.13. The first-order chi connectivity index (χ1) is 9.44. The highest BCUT2D eigenvalue weighted by atomic mass is 19.4. The molecule has 1 aromatic rings. The number of amides is 1. The maximum atomic E-state index is 12.0. The van der Waals surface area contributed by atoms with Crippen molar-refractivity contribution in [2.24, 2.45) is 5.92 Å². The maximum absolute atomic E-state index is 12.0. The predicted molar refractivity (Wildman–Crippen MR) is 67.4 cm³/mol. The topological polar surface area (TPSA) is 38.3 Å². The van der Waals surface area contributed by atoms with E-state index in [1.807, 2.05) is 24.3 Å². The van der Waals surface area contributed by atoms with Gasteiger partial charge >= 0.3 is 6.18 Å². The summed E-state index contributed by atoms with van der Waals surface area (Å²) >= 11 is 0. The molecule has 1 aliphatic heterocycles. The summed E-state index contributed by atoms with van der Waals surface area (Å²) in [4.78, 5) is 11.3. The molecule has 0 saturated carbocycles. The summed E-state index contributed by atoms with van der Waals surface area (Å²) in [5, 5.41) is 2.54. The standard InChI is InChI=1S/C14H16F3NO2/c15-14(16,17)6-5-13(19)18-8-10-7-11-3-1-2-4-12(11)20-9-10/h1-4,10H,5-9H2,(H,18,19). The summed E-state index contributed by atoms with van der Waals surface area (Å²) in [6, 6.07) is 7.63. The molecule has 0 saturated heterocycles. The van der Waals surface area contributed by atoms with Crippen LogP contribution in [0.15, 0.2) is 24.3 Å². The van der Waals surface area contributed by atoms with Crippen LogP contribution < -0.4 is 10.1 Å². The quantitative estimate of drug-likeness (QED) is 0.924. The predicted octanol–water partition coefficient (Wildman–Crippen LogP) is 2.70. The number of hydrogen-bond acceptors (Lipinski definition) is 2. The number of rotatable bonds is 4. The minimum absolute atomic E-state index is 0.0970. The Labute approximate surface area is 115 Å². The zero-order chi connectivity index (χ0) is 14.6. The van der Waals surface area contributed by atoms with Crippen LogP contribution in [-0.4, -0.2) is 25.2 Å². The normalized spacial score (nSPS) is 18.1. The van der Waals surface area contributed by atoms with Crippen molar-refractivity contribution in [3.63, 3.8) is 0 Å². The van der Waals surface area contributed by atoms with Gasteiger partial charge in [0, 0.05) is 18.9 Å². The monoisotopic (exact) mass is 287 g/mol. The first-order valence-corrected chi connectivity index (χ1v) is 6.48. The minimum atomic E-state index is -4.29. The average Bonchev–Trinajstić information content (AvgIpc) is 2.42. The van der Waals surface area contributed by atoms with Crippen LogP contribution in [0.25, 0.3) is 0 Å². The fraction of sp³-hybridized carbons (Fsp3) is 0.500. The van der Waals surface area contributed by atoms with Gasteiger partial charge in [0.1, 0.15) is 5.75 Å². The molecule has 3 nitrogen and oxygen atoms in total. The lowest BCUT2D eigenvalue weighted by Crippen LogP contribution is -2.35.